The summed E-state index contributed by atoms with van der Waals surface area (Å²) in [5, 5.41) is 16.3. The molecule has 0 aliphatic carbocycles. The van der Waals surface area contributed by atoms with Crippen LogP contribution in [0, 0.1) is 10.8 Å². The lowest BCUT2D eigenvalue weighted by molar-refractivity contribution is 0.433. The van der Waals surface area contributed by atoms with Gasteiger partial charge in [0.25, 0.3) is 0 Å². The highest BCUT2D eigenvalue weighted by molar-refractivity contribution is 6.10. The van der Waals surface area contributed by atoms with Gasteiger partial charge in [0.2, 0.25) is 0 Å². The highest BCUT2D eigenvalue weighted by Gasteiger charge is 2.38. The third kappa shape index (κ3) is 3.64. The number of fused-ring (bicyclic) bond motifs is 7. The zero-order valence-electron chi connectivity index (χ0n) is 23.9. The molecule has 0 fully saturated rings. The van der Waals surface area contributed by atoms with Crippen molar-refractivity contribution in [1.29, 1.82) is 0 Å². The Morgan fingerprint density at radius 3 is 2.12 bits per heavy atom. The van der Waals surface area contributed by atoms with Crippen LogP contribution >= 0.6 is 0 Å². The van der Waals surface area contributed by atoms with E-state index in [4.69, 9.17) is 15.3 Å². The summed E-state index contributed by atoms with van der Waals surface area (Å²) in [6.07, 6.45) is 0. The van der Waals surface area contributed by atoms with Crippen molar-refractivity contribution in [2.75, 3.05) is 5.01 Å². The van der Waals surface area contributed by atoms with Crippen LogP contribution in [0.4, 0.5) is 11.4 Å². The molecule has 7 rings (SSSR count). The smallest absolute Gasteiger partial charge is 0.101 e. The van der Waals surface area contributed by atoms with Crippen LogP contribution in [0.2, 0.25) is 0 Å². The molecule has 2 aliphatic heterocycles. The summed E-state index contributed by atoms with van der Waals surface area (Å²) in [4.78, 5) is 8.79. The molecule has 0 atom stereocenters. The van der Waals surface area contributed by atoms with Gasteiger partial charge in [-0.25, -0.2) is 10.0 Å². The van der Waals surface area contributed by atoms with Crippen molar-refractivity contribution in [3.8, 4) is 11.1 Å². The first-order chi connectivity index (χ1) is 19.1. The van der Waals surface area contributed by atoms with Crippen LogP contribution in [-0.4, -0.2) is 4.98 Å². The fraction of sp³-hybridized carbons (Fsp3) is 0.229. The second-order valence-electron chi connectivity index (χ2n) is 12.8. The molecule has 198 valence electrons. The van der Waals surface area contributed by atoms with Crippen molar-refractivity contribution in [1.82, 2.24) is 4.98 Å². The van der Waals surface area contributed by atoms with Crippen LogP contribution in [0.1, 0.15) is 41.5 Å². The largest absolute Gasteiger partial charge is 0.354 e. The highest BCUT2D eigenvalue weighted by atomic mass is 15.6. The van der Waals surface area contributed by atoms with E-state index in [0.717, 1.165) is 55.2 Å². The zero-order chi connectivity index (χ0) is 27.8. The highest BCUT2D eigenvalue weighted by Crippen LogP contribution is 2.47. The second-order valence-corrected chi connectivity index (χ2v) is 12.8. The van der Waals surface area contributed by atoms with Crippen LogP contribution in [0.5, 0.6) is 0 Å². The zero-order valence-corrected chi connectivity index (χ0v) is 23.9. The fourth-order valence-electron chi connectivity index (χ4n) is 6.21. The Labute approximate surface area is 234 Å². The second kappa shape index (κ2) is 8.49. The van der Waals surface area contributed by atoms with Crippen LogP contribution in [0.15, 0.2) is 112 Å². The van der Waals surface area contributed by atoms with Crippen molar-refractivity contribution in [3.63, 3.8) is 0 Å². The maximum absolute atomic E-state index is 5.12. The summed E-state index contributed by atoms with van der Waals surface area (Å²) in [6, 6.07) is 29.5. The first-order valence-electron chi connectivity index (χ1n) is 13.9. The van der Waals surface area contributed by atoms with Gasteiger partial charge >= 0.3 is 0 Å². The number of aromatic amines is 1. The Hall–Kier alpha value is -4.51. The Kier molecular flexibility index (Phi) is 5.21. The van der Waals surface area contributed by atoms with E-state index >= 15 is 0 Å². The molecule has 3 heterocycles. The van der Waals surface area contributed by atoms with Gasteiger partial charge in [0.1, 0.15) is 5.70 Å². The minimum atomic E-state index is -0.193. The molecule has 2 aliphatic rings. The van der Waals surface area contributed by atoms with Crippen LogP contribution in [-0.2, 0) is 0 Å². The lowest BCUT2D eigenvalue weighted by Crippen LogP contribution is -2.34. The van der Waals surface area contributed by atoms with E-state index in [1.54, 1.807) is 0 Å². The normalized spacial score (nSPS) is 16.5. The molecule has 0 radical (unpaired) electrons. The molecule has 4 aromatic carbocycles. The SMILES string of the molecule is CC(C)(C)C1=C(C(C)(C)C)N(c2ccccc2)N=NC1=c1cccc2[nH]c3ccc4c(c3c12)=Nc1ccccc1-4. The average molecular weight is 524 g/mol. The molecule has 0 saturated heterocycles. The third-order valence-electron chi connectivity index (χ3n) is 7.82. The summed E-state index contributed by atoms with van der Waals surface area (Å²) in [5.41, 5.74) is 9.44. The molecule has 0 saturated carbocycles. The average Bonchev–Trinajstić information content (AvgIpc) is 3.50. The minimum absolute atomic E-state index is 0.185. The summed E-state index contributed by atoms with van der Waals surface area (Å²) in [7, 11) is 0. The molecular formula is C35H33N5. The molecule has 0 unspecified atom stereocenters. The molecule has 1 aromatic heterocycles. The van der Waals surface area contributed by atoms with E-state index in [0.29, 0.717) is 0 Å². The van der Waals surface area contributed by atoms with E-state index in [1.165, 1.54) is 16.7 Å². The van der Waals surface area contributed by atoms with Crippen molar-refractivity contribution in [2.24, 2.45) is 26.2 Å². The van der Waals surface area contributed by atoms with Crippen molar-refractivity contribution >= 4 is 38.9 Å². The number of H-pyrrole nitrogens is 1. The maximum Gasteiger partial charge on any atom is 0.101 e. The van der Waals surface area contributed by atoms with Gasteiger partial charge in [-0.2, -0.15) is 0 Å². The molecule has 1 N–H and O–H groups in total. The molecular weight excluding hydrogens is 490 g/mol. The number of allylic oxidation sites excluding steroid dienone is 1. The Morgan fingerprint density at radius 2 is 1.38 bits per heavy atom. The van der Waals surface area contributed by atoms with Crippen LogP contribution in [0.3, 0.4) is 0 Å². The van der Waals surface area contributed by atoms with Crippen LogP contribution < -0.4 is 15.6 Å². The summed E-state index contributed by atoms with van der Waals surface area (Å²) >= 11 is 0. The predicted molar refractivity (Wildman–Crippen MR) is 165 cm³/mol. The van der Waals surface area contributed by atoms with E-state index in [2.05, 4.69) is 125 Å². The van der Waals surface area contributed by atoms with Gasteiger partial charge in [-0.05, 0) is 35.7 Å². The predicted octanol–water partition coefficient (Wildman–Crippen LogP) is 8.59. The van der Waals surface area contributed by atoms with Crippen molar-refractivity contribution in [3.05, 3.63) is 107 Å². The quantitative estimate of drug-likeness (QED) is 0.230. The first kappa shape index (κ1) is 24.5. The lowest BCUT2D eigenvalue weighted by Gasteiger charge is -2.39. The Balaban J connectivity index is 1.64. The van der Waals surface area contributed by atoms with Crippen molar-refractivity contribution < 1.29 is 0 Å². The lowest BCUT2D eigenvalue weighted by atomic mass is 9.76. The standard InChI is InChI=1S/C35H33N5/c1-34(2,3)30-32(38-39-40(33(30)35(4,5)6)21-13-8-7-9-14-21)24-16-12-18-26-28(24)29-27(36-26)20-19-23-22-15-10-11-17-25(22)37-31(23)29/h7-20,36H,1-6H3. The number of aromatic nitrogens is 1. The topological polar surface area (TPSA) is 56.1 Å². The summed E-state index contributed by atoms with van der Waals surface area (Å²) < 4.78 is 0. The number of hydrogen-bond acceptors (Lipinski definition) is 4. The van der Waals surface area contributed by atoms with Gasteiger partial charge in [0.15, 0.2) is 0 Å². The van der Waals surface area contributed by atoms with E-state index in [-0.39, 0.29) is 10.8 Å². The number of para-hydroxylation sites is 2. The van der Waals surface area contributed by atoms with Crippen LogP contribution in [0.25, 0.3) is 38.6 Å². The molecule has 0 spiro atoms. The number of nitrogens with zero attached hydrogens (tertiary/aromatic N) is 4. The number of benzene rings is 4. The molecule has 0 bridgehead atoms. The number of anilines is 1. The maximum atomic E-state index is 5.12. The van der Waals surface area contributed by atoms with Crippen molar-refractivity contribution in [2.45, 2.75) is 41.5 Å². The van der Waals surface area contributed by atoms with Gasteiger partial charge < -0.3 is 4.98 Å². The monoisotopic (exact) mass is 523 g/mol. The van der Waals surface area contributed by atoms with Gasteiger partial charge in [-0.1, -0.05) is 101 Å². The number of nitrogens with one attached hydrogen (secondary N) is 1. The van der Waals surface area contributed by atoms with E-state index < -0.39 is 0 Å². The molecule has 5 nitrogen and oxygen atoms in total. The first-order valence-corrected chi connectivity index (χ1v) is 13.9. The van der Waals surface area contributed by atoms with E-state index in [9.17, 15) is 0 Å². The molecule has 5 aromatic rings. The number of hydrogen-bond donors (Lipinski definition) is 1. The fourth-order valence-corrected chi connectivity index (χ4v) is 6.21. The molecule has 40 heavy (non-hydrogen) atoms. The minimum Gasteiger partial charge on any atom is -0.354 e. The Bertz CT molecular complexity index is 2010. The molecule has 5 heteroatoms. The summed E-state index contributed by atoms with van der Waals surface area (Å²) in [5.74, 6) is 0. The Morgan fingerprint density at radius 1 is 0.650 bits per heavy atom. The van der Waals surface area contributed by atoms with Gasteiger partial charge in [0, 0.05) is 49.1 Å². The van der Waals surface area contributed by atoms with Gasteiger partial charge in [0.05, 0.1) is 22.4 Å². The number of rotatable bonds is 1. The third-order valence-corrected chi connectivity index (χ3v) is 7.82. The van der Waals surface area contributed by atoms with Gasteiger partial charge in [-0.3, -0.25) is 0 Å². The molecule has 0 amide bonds. The summed E-state index contributed by atoms with van der Waals surface area (Å²) in [6.45, 7) is 13.6. The van der Waals surface area contributed by atoms with E-state index in [1.807, 2.05) is 11.1 Å². The van der Waals surface area contributed by atoms with Gasteiger partial charge in [-0.15, -0.1) is 5.11 Å².